The molecule has 148 valence electrons. The zero-order chi connectivity index (χ0) is 20.8. The number of pyridine rings is 1. The summed E-state index contributed by atoms with van der Waals surface area (Å²) >= 11 is 0. The Labute approximate surface area is 182 Å². The summed E-state index contributed by atoms with van der Waals surface area (Å²) in [4.78, 5) is 4.53. The molecule has 1 nitrogen and oxygen atoms in total. The van der Waals surface area contributed by atoms with Gasteiger partial charge in [0.05, 0.1) is 5.52 Å². The van der Waals surface area contributed by atoms with E-state index in [9.17, 15) is 0 Å². The van der Waals surface area contributed by atoms with Crippen molar-refractivity contribution in [3.05, 3.63) is 100 Å². The fourth-order valence-electron chi connectivity index (χ4n) is 5.49. The second-order valence-corrected chi connectivity index (χ2v) is 8.63. The smallest absolute Gasteiger partial charge is 0.0705 e. The van der Waals surface area contributed by atoms with Gasteiger partial charge in [0.15, 0.2) is 0 Å². The van der Waals surface area contributed by atoms with E-state index in [4.69, 9.17) is 6.42 Å². The summed E-state index contributed by atoms with van der Waals surface area (Å²) in [6, 6.07) is 23.8. The number of nitrogens with zero attached hydrogens (tertiary/aromatic N) is 1. The number of para-hydroxylation sites is 1. The Morgan fingerprint density at radius 3 is 2.65 bits per heavy atom. The molecule has 2 aliphatic rings. The zero-order valence-corrected chi connectivity index (χ0v) is 17.4. The van der Waals surface area contributed by atoms with Crippen LogP contribution in [0.1, 0.15) is 29.0 Å². The molecule has 2 atom stereocenters. The van der Waals surface area contributed by atoms with Crippen molar-refractivity contribution in [3.8, 4) is 23.5 Å². The standard InChI is InChI=1S/C30H23N/c1-2-23(28-17-18-31-30-10-6-5-9-29(28)30)21-12-14-25-22(19-21)13-16-26-24-8-4-3-7-20(24)11-15-27(25)26/h1,3-10,13-18,21,23H,11-12,19H2. The molecular formula is C30H23N. The minimum Gasteiger partial charge on any atom is -0.256 e. The van der Waals surface area contributed by atoms with Gasteiger partial charge >= 0.3 is 0 Å². The minimum absolute atomic E-state index is 0.0815. The van der Waals surface area contributed by atoms with Crippen LogP contribution in [0.5, 0.6) is 0 Å². The molecule has 0 saturated carbocycles. The van der Waals surface area contributed by atoms with Crippen molar-refractivity contribution in [3.63, 3.8) is 0 Å². The molecule has 0 aliphatic heterocycles. The predicted molar refractivity (Wildman–Crippen MR) is 129 cm³/mol. The van der Waals surface area contributed by atoms with Crippen molar-refractivity contribution in [2.24, 2.45) is 5.92 Å². The maximum atomic E-state index is 6.12. The molecule has 1 heterocycles. The molecule has 1 heteroatoms. The van der Waals surface area contributed by atoms with Gasteiger partial charge in [-0.2, -0.15) is 0 Å². The summed E-state index contributed by atoms with van der Waals surface area (Å²) in [5, 5.41) is 3.99. The summed E-state index contributed by atoms with van der Waals surface area (Å²) in [6.07, 6.45) is 15.9. The number of hydrogen-bond donors (Lipinski definition) is 0. The lowest BCUT2D eigenvalue weighted by Gasteiger charge is -2.27. The summed E-state index contributed by atoms with van der Waals surface area (Å²) in [7, 11) is 0. The van der Waals surface area contributed by atoms with Crippen LogP contribution in [0.15, 0.2) is 72.9 Å². The average molecular weight is 398 g/mol. The number of fused-ring (bicyclic) bond motifs is 6. The second-order valence-electron chi connectivity index (χ2n) is 8.63. The van der Waals surface area contributed by atoms with Crippen LogP contribution in [0.4, 0.5) is 0 Å². The SMILES string of the molecule is C#CC(c1ccnc2ccccc12)C1CC=c2c(ccc3c2=CCc2ccccc2-3)C1. The van der Waals surface area contributed by atoms with Crippen LogP contribution >= 0.6 is 0 Å². The molecule has 6 rings (SSSR count). The third-order valence-corrected chi connectivity index (χ3v) is 6.99. The molecule has 31 heavy (non-hydrogen) atoms. The van der Waals surface area contributed by atoms with Crippen LogP contribution < -0.4 is 10.4 Å². The molecule has 3 aromatic carbocycles. The van der Waals surface area contributed by atoms with E-state index >= 15 is 0 Å². The summed E-state index contributed by atoms with van der Waals surface area (Å²) in [5.74, 6) is 3.61. The van der Waals surface area contributed by atoms with Crippen molar-refractivity contribution in [2.45, 2.75) is 25.2 Å². The van der Waals surface area contributed by atoms with Gasteiger partial charge in [0, 0.05) is 17.5 Å². The molecule has 0 fully saturated rings. The Morgan fingerprint density at radius 1 is 0.839 bits per heavy atom. The highest BCUT2D eigenvalue weighted by molar-refractivity contribution is 5.83. The van der Waals surface area contributed by atoms with Gasteiger partial charge < -0.3 is 0 Å². The van der Waals surface area contributed by atoms with Gasteiger partial charge in [0.2, 0.25) is 0 Å². The highest BCUT2D eigenvalue weighted by Crippen LogP contribution is 2.35. The van der Waals surface area contributed by atoms with Gasteiger partial charge in [-0.3, -0.25) is 4.98 Å². The normalized spacial score (nSPS) is 17.3. The van der Waals surface area contributed by atoms with Crippen molar-refractivity contribution < 1.29 is 0 Å². The first-order valence-electron chi connectivity index (χ1n) is 11.0. The molecule has 2 aliphatic carbocycles. The van der Waals surface area contributed by atoms with Crippen LogP contribution in [0, 0.1) is 18.3 Å². The molecule has 0 bridgehead atoms. The van der Waals surface area contributed by atoms with E-state index in [1.807, 2.05) is 12.3 Å². The van der Waals surface area contributed by atoms with E-state index in [0.717, 1.165) is 24.8 Å². The van der Waals surface area contributed by atoms with E-state index < -0.39 is 0 Å². The van der Waals surface area contributed by atoms with Gasteiger partial charge in [0.1, 0.15) is 0 Å². The Morgan fingerprint density at radius 2 is 1.71 bits per heavy atom. The first kappa shape index (κ1) is 18.2. The van der Waals surface area contributed by atoms with E-state index in [2.05, 4.69) is 83.7 Å². The summed E-state index contributed by atoms with van der Waals surface area (Å²) < 4.78 is 0. The number of aromatic nitrogens is 1. The van der Waals surface area contributed by atoms with Gasteiger partial charge in [-0.25, -0.2) is 0 Å². The zero-order valence-electron chi connectivity index (χ0n) is 17.4. The quantitative estimate of drug-likeness (QED) is 0.434. The molecule has 2 unspecified atom stereocenters. The average Bonchev–Trinajstić information content (AvgIpc) is 2.84. The number of hydrogen-bond acceptors (Lipinski definition) is 1. The van der Waals surface area contributed by atoms with Crippen LogP contribution in [-0.4, -0.2) is 4.98 Å². The largest absolute Gasteiger partial charge is 0.256 e. The Bertz CT molecular complexity index is 1480. The van der Waals surface area contributed by atoms with Gasteiger partial charge in [-0.05, 0) is 75.6 Å². The fraction of sp³-hybridized carbons (Fsp3) is 0.167. The topological polar surface area (TPSA) is 12.9 Å². The fourth-order valence-corrected chi connectivity index (χ4v) is 5.49. The molecule has 0 radical (unpaired) electrons. The van der Waals surface area contributed by atoms with Crippen molar-refractivity contribution >= 4 is 23.1 Å². The lowest BCUT2D eigenvalue weighted by atomic mass is 9.76. The van der Waals surface area contributed by atoms with Crippen molar-refractivity contribution in [1.82, 2.24) is 4.98 Å². The van der Waals surface area contributed by atoms with Crippen LogP contribution in [0.3, 0.4) is 0 Å². The number of benzene rings is 3. The summed E-state index contributed by atoms with van der Waals surface area (Å²) in [5.41, 5.74) is 7.83. The molecule has 0 amide bonds. The van der Waals surface area contributed by atoms with Crippen molar-refractivity contribution in [1.29, 1.82) is 0 Å². The third kappa shape index (κ3) is 2.91. The lowest BCUT2D eigenvalue weighted by molar-refractivity contribution is 0.492. The number of terminal acetylenes is 1. The molecule has 0 spiro atoms. The van der Waals surface area contributed by atoms with Crippen LogP contribution in [-0.2, 0) is 12.8 Å². The third-order valence-electron chi connectivity index (χ3n) is 6.99. The Kier molecular flexibility index (Phi) is 4.25. The highest BCUT2D eigenvalue weighted by Gasteiger charge is 2.26. The van der Waals surface area contributed by atoms with E-state index in [-0.39, 0.29) is 5.92 Å². The van der Waals surface area contributed by atoms with Gasteiger partial charge in [-0.15, -0.1) is 6.42 Å². The van der Waals surface area contributed by atoms with Crippen LogP contribution in [0.25, 0.3) is 34.2 Å². The molecule has 0 N–H and O–H groups in total. The first-order valence-corrected chi connectivity index (χ1v) is 11.0. The van der Waals surface area contributed by atoms with E-state index in [1.54, 1.807) is 0 Å². The van der Waals surface area contributed by atoms with E-state index in [0.29, 0.717) is 5.92 Å². The van der Waals surface area contributed by atoms with Gasteiger partial charge in [0.25, 0.3) is 0 Å². The first-order chi connectivity index (χ1) is 15.3. The summed E-state index contributed by atoms with van der Waals surface area (Å²) in [6.45, 7) is 0. The molecule has 4 aromatic rings. The van der Waals surface area contributed by atoms with E-state index in [1.165, 1.54) is 43.6 Å². The van der Waals surface area contributed by atoms with Gasteiger partial charge in [-0.1, -0.05) is 72.7 Å². The lowest BCUT2D eigenvalue weighted by Crippen LogP contribution is -2.36. The Balaban J connectivity index is 1.42. The maximum Gasteiger partial charge on any atom is 0.0705 e. The minimum atomic E-state index is 0.0815. The maximum absolute atomic E-state index is 6.12. The predicted octanol–water partition coefficient (Wildman–Crippen LogP) is 5.00. The van der Waals surface area contributed by atoms with Crippen molar-refractivity contribution in [2.75, 3.05) is 0 Å². The Hall–Kier alpha value is -3.63. The highest BCUT2D eigenvalue weighted by atomic mass is 14.6. The monoisotopic (exact) mass is 397 g/mol. The molecular weight excluding hydrogens is 374 g/mol. The second kappa shape index (κ2) is 7.25. The van der Waals surface area contributed by atoms with Crippen LogP contribution in [0.2, 0.25) is 0 Å². The molecule has 0 saturated heterocycles. The molecule has 1 aromatic heterocycles. The number of rotatable bonds is 2.